The zero-order chi connectivity index (χ0) is 24.7. The van der Waals surface area contributed by atoms with Gasteiger partial charge in [0.05, 0.1) is 6.04 Å². The number of benzene rings is 2. The van der Waals surface area contributed by atoms with Gasteiger partial charge in [0.25, 0.3) is 0 Å². The van der Waals surface area contributed by atoms with Gasteiger partial charge < -0.3 is 19.7 Å². The van der Waals surface area contributed by atoms with E-state index in [4.69, 9.17) is 9.47 Å². The predicted molar refractivity (Wildman–Crippen MR) is 129 cm³/mol. The maximum atomic E-state index is 13.0. The Hall–Kier alpha value is -3.35. The van der Waals surface area contributed by atoms with Crippen molar-refractivity contribution in [2.75, 3.05) is 13.1 Å². The lowest BCUT2D eigenvalue weighted by molar-refractivity contribution is 0.0507. The highest BCUT2D eigenvalue weighted by Gasteiger charge is 2.29. The molecular weight excluding hydrogens is 432 g/mol. The fourth-order valence-corrected chi connectivity index (χ4v) is 3.87. The number of nitrogens with one attached hydrogen (secondary N) is 1. The molecule has 0 spiro atoms. The summed E-state index contributed by atoms with van der Waals surface area (Å²) in [6, 6.07) is 16.6. The van der Waals surface area contributed by atoms with E-state index in [1.165, 1.54) is 0 Å². The molecule has 1 saturated heterocycles. The molecule has 0 aliphatic carbocycles. The third-order valence-electron chi connectivity index (χ3n) is 5.76. The minimum Gasteiger partial charge on any atom is -0.445 e. The van der Waals surface area contributed by atoms with Crippen LogP contribution in [0.15, 0.2) is 54.6 Å². The van der Waals surface area contributed by atoms with Gasteiger partial charge in [-0.05, 0) is 51.7 Å². The predicted octanol–water partition coefficient (Wildman–Crippen LogP) is 5.50. The van der Waals surface area contributed by atoms with Gasteiger partial charge in [0, 0.05) is 24.6 Å². The van der Waals surface area contributed by atoms with Gasteiger partial charge in [-0.3, -0.25) is 4.79 Å². The van der Waals surface area contributed by atoms with Crippen molar-refractivity contribution in [2.24, 2.45) is 5.92 Å². The van der Waals surface area contributed by atoms with Gasteiger partial charge in [-0.15, -0.1) is 0 Å². The monoisotopic (exact) mass is 466 g/mol. The fourth-order valence-electron chi connectivity index (χ4n) is 3.87. The van der Waals surface area contributed by atoms with E-state index in [0.717, 1.165) is 11.1 Å². The maximum absolute atomic E-state index is 13.0. The summed E-state index contributed by atoms with van der Waals surface area (Å²) in [5, 5.41) is 2.81. The first-order valence-electron chi connectivity index (χ1n) is 11.7. The second-order valence-corrected chi connectivity index (χ2v) is 9.66. The zero-order valence-electron chi connectivity index (χ0n) is 20.4. The summed E-state index contributed by atoms with van der Waals surface area (Å²) in [4.78, 5) is 39.0. The number of ether oxygens (including phenoxy) is 2. The molecule has 1 atom stereocenters. The number of piperidine rings is 1. The van der Waals surface area contributed by atoms with Crippen LogP contribution in [0.1, 0.15) is 68.1 Å². The van der Waals surface area contributed by atoms with E-state index < -0.39 is 11.7 Å². The Bertz CT molecular complexity index is 974. The Morgan fingerprint density at radius 1 is 1.00 bits per heavy atom. The number of alkyl carbamates (subject to hydrolysis) is 1. The number of carbonyl (C=O) groups is 3. The Labute approximate surface area is 201 Å². The van der Waals surface area contributed by atoms with Gasteiger partial charge >= 0.3 is 12.2 Å². The molecule has 182 valence electrons. The van der Waals surface area contributed by atoms with E-state index in [1.54, 1.807) is 17.0 Å². The molecule has 2 amide bonds. The topological polar surface area (TPSA) is 84.9 Å². The van der Waals surface area contributed by atoms with Crippen LogP contribution in [0.4, 0.5) is 9.59 Å². The summed E-state index contributed by atoms with van der Waals surface area (Å²) < 4.78 is 10.7. The minimum atomic E-state index is -0.561. The van der Waals surface area contributed by atoms with Crippen LogP contribution >= 0.6 is 0 Å². The van der Waals surface area contributed by atoms with Crippen LogP contribution in [0.5, 0.6) is 0 Å². The first-order chi connectivity index (χ1) is 16.1. The summed E-state index contributed by atoms with van der Waals surface area (Å²) in [6.45, 7) is 8.55. The lowest BCUT2D eigenvalue weighted by Gasteiger charge is -2.30. The number of hydrogen-bond donors (Lipinski definition) is 1. The first-order valence-corrected chi connectivity index (χ1v) is 11.7. The van der Waals surface area contributed by atoms with Crippen LogP contribution in [0.3, 0.4) is 0 Å². The standard InChI is InChI=1S/C27H34N2O5/c1-19(28-25(31)34-27(2,3)4)21-10-12-22(13-11-21)24(30)23-14-16-29(17-15-23)26(32)33-18-20-8-6-5-7-9-20/h5-13,19,23H,14-18H2,1-4H3,(H,28,31)/t19-/m0/s1. The highest BCUT2D eigenvalue weighted by Crippen LogP contribution is 2.24. The minimum absolute atomic E-state index is 0.0802. The molecule has 0 aromatic heterocycles. The van der Waals surface area contributed by atoms with Crippen molar-refractivity contribution in [3.63, 3.8) is 0 Å². The number of Topliss-reactive ketones (excluding diaryl/α,β-unsaturated/α-hetero) is 1. The number of hydrogen-bond acceptors (Lipinski definition) is 5. The maximum Gasteiger partial charge on any atom is 0.410 e. The van der Waals surface area contributed by atoms with Gasteiger partial charge in [0.15, 0.2) is 5.78 Å². The molecule has 1 aliphatic rings. The van der Waals surface area contributed by atoms with Crippen molar-refractivity contribution < 1.29 is 23.9 Å². The number of nitrogens with zero attached hydrogens (tertiary/aromatic N) is 1. The van der Waals surface area contributed by atoms with E-state index in [0.29, 0.717) is 31.5 Å². The van der Waals surface area contributed by atoms with Gasteiger partial charge in [-0.2, -0.15) is 0 Å². The van der Waals surface area contributed by atoms with Crippen LogP contribution in [-0.2, 0) is 16.1 Å². The summed E-state index contributed by atoms with van der Waals surface area (Å²) in [5.41, 5.74) is 1.91. The van der Waals surface area contributed by atoms with Crippen LogP contribution in [0, 0.1) is 5.92 Å². The lowest BCUT2D eigenvalue weighted by atomic mass is 9.88. The number of rotatable bonds is 6. The van der Waals surface area contributed by atoms with E-state index in [2.05, 4.69) is 5.32 Å². The Morgan fingerprint density at radius 3 is 2.21 bits per heavy atom. The van der Waals surface area contributed by atoms with Gasteiger partial charge in [-0.1, -0.05) is 54.6 Å². The van der Waals surface area contributed by atoms with E-state index in [1.807, 2.05) is 70.2 Å². The molecule has 0 saturated carbocycles. The fraction of sp³-hybridized carbons (Fsp3) is 0.444. The van der Waals surface area contributed by atoms with Crippen molar-refractivity contribution in [1.29, 1.82) is 0 Å². The van der Waals surface area contributed by atoms with Crippen molar-refractivity contribution >= 4 is 18.0 Å². The van der Waals surface area contributed by atoms with Crippen LogP contribution in [0.25, 0.3) is 0 Å². The number of amides is 2. The second-order valence-electron chi connectivity index (χ2n) is 9.66. The Kier molecular flexibility index (Phi) is 8.31. The molecule has 7 heteroatoms. The smallest absolute Gasteiger partial charge is 0.410 e. The Balaban J connectivity index is 1.47. The number of ketones is 1. The molecule has 1 aliphatic heterocycles. The molecule has 0 unspecified atom stereocenters. The summed E-state index contributed by atoms with van der Waals surface area (Å²) in [5.74, 6) is -0.0436. The zero-order valence-corrected chi connectivity index (χ0v) is 20.4. The SMILES string of the molecule is C[C@H](NC(=O)OC(C)(C)C)c1ccc(C(=O)C2CCN(C(=O)OCc3ccccc3)CC2)cc1. The molecule has 2 aromatic rings. The molecular formula is C27H34N2O5. The van der Waals surface area contributed by atoms with Gasteiger partial charge in [0.2, 0.25) is 0 Å². The number of carbonyl (C=O) groups excluding carboxylic acids is 3. The molecule has 7 nitrogen and oxygen atoms in total. The average molecular weight is 467 g/mol. The average Bonchev–Trinajstić information content (AvgIpc) is 2.81. The highest BCUT2D eigenvalue weighted by molar-refractivity contribution is 5.98. The molecule has 34 heavy (non-hydrogen) atoms. The molecule has 0 radical (unpaired) electrons. The van der Waals surface area contributed by atoms with E-state index >= 15 is 0 Å². The van der Waals surface area contributed by atoms with Crippen LogP contribution in [0.2, 0.25) is 0 Å². The largest absolute Gasteiger partial charge is 0.445 e. The summed E-state index contributed by atoms with van der Waals surface area (Å²) in [7, 11) is 0. The summed E-state index contributed by atoms with van der Waals surface area (Å²) >= 11 is 0. The van der Waals surface area contributed by atoms with Gasteiger partial charge in [0.1, 0.15) is 12.2 Å². The normalized spacial score (nSPS) is 15.4. The van der Waals surface area contributed by atoms with Crippen molar-refractivity contribution in [1.82, 2.24) is 10.2 Å². The quantitative estimate of drug-likeness (QED) is 0.568. The van der Waals surface area contributed by atoms with Crippen molar-refractivity contribution in [3.05, 3.63) is 71.3 Å². The van der Waals surface area contributed by atoms with Crippen molar-refractivity contribution in [3.8, 4) is 0 Å². The van der Waals surface area contributed by atoms with E-state index in [-0.39, 0.29) is 30.4 Å². The molecule has 2 aromatic carbocycles. The van der Waals surface area contributed by atoms with Gasteiger partial charge in [-0.25, -0.2) is 9.59 Å². The number of likely N-dealkylation sites (tertiary alicyclic amines) is 1. The first kappa shape index (κ1) is 25.3. The molecule has 1 heterocycles. The molecule has 0 bridgehead atoms. The van der Waals surface area contributed by atoms with Crippen molar-refractivity contribution in [2.45, 2.75) is 58.8 Å². The highest BCUT2D eigenvalue weighted by atomic mass is 16.6. The third kappa shape index (κ3) is 7.33. The van der Waals surface area contributed by atoms with E-state index in [9.17, 15) is 14.4 Å². The lowest BCUT2D eigenvalue weighted by Crippen LogP contribution is -2.40. The van der Waals surface area contributed by atoms with Crippen LogP contribution in [-0.4, -0.2) is 41.6 Å². The Morgan fingerprint density at radius 2 is 1.62 bits per heavy atom. The summed E-state index contributed by atoms with van der Waals surface area (Å²) in [6.07, 6.45) is 0.398. The third-order valence-corrected chi connectivity index (χ3v) is 5.76. The second kappa shape index (κ2) is 11.2. The molecule has 1 fully saturated rings. The molecule has 1 N–H and O–H groups in total. The molecule has 3 rings (SSSR count). The van der Waals surface area contributed by atoms with Crippen LogP contribution < -0.4 is 5.32 Å².